The maximum atomic E-state index is 12.5. The topological polar surface area (TPSA) is 84.3 Å². The molecule has 1 heterocycles. The van der Waals surface area contributed by atoms with E-state index in [-0.39, 0.29) is 10.8 Å². The number of hydrogen-bond acceptors (Lipinski definition) is 4. The highest BCUT2D eigenvalue weighted by molar-refractivity contribution is 7.89. The molecule has 0 fully saturated rings. The highest BCUT2D eigenvalue weighted by atomic mass is 32.2. The van der Waals surface area contributed by atoms with E-state index in [1.54, 1.807) is 47.4 Å². The molecule has 0 radical (unpaired) electrons. The van der Waals surface area contributed by atoms with Gasteiger partial charge in [0.05, 0.1) is 10.6 Å². The lowest BCUT2D eigenvalue weighted by Gasteiger charge is -2.17. The molecule has 0 saturated heterocycles. The standard InChI is InChI=1S/C16H20N4O3S/c1-3-16(21)17-10-4-12-19(2)24(22,23)15-8-6-14(7-9-15)20-13-5-11-18-20/h3,5-9,11,13H,1,4,10,12H2,2H3,(H,17,21). The van der Waals surface area contributed by atoms with Crippen LogP contribution in [0.1, 0.15) is 6.42 Å². The van der Waals surface area contributed by atoms with Crippen molar-refractivity contribution in [3.63, 3.8) is 0 Å². The molecule has 1 aromatic heterocycles. The molecule has 24 heavy (non-hydrogen) atoms. The fourth-order valence-corrected chi connectivity index (χ4v) is 3.29. The van der Waals surface area contributed by atoms with Crippen LogP contribution in [0.3, 0.4) is 0 Å². The van der Waals surface area contributed by atoms with Crippen LogP contribution in [0.25, 0.3) is 5.69 Å². The van der Waals surface area contributed by atoms with Crippen LogP contribution in [0.5, 0.6) is 0 Å². The molecule has 0 spiro atoms. The van der Waals surface area contributed by atoms with Gasteiger partial charge in [0.15, 0.2) is 0 Å². The van der Waals surface area contributed by atoms with Crippen LogP contribution in [0.15, 0.2) is 60.3 Å². The maximum Gasteiger partial charge on any atom is 0.243 e. The number of nitrogens with zero attached hydrogens (tertiary/aromatic N) is 3. The second-order valence-corrected chi connectivity index (χ2v) is 7.16. The van der Waals surface area contributed by atoms with Crippen molar-refractivity contribution in [2.75, 3.05) is 20.1 Å². The number of amides is 1. The van der Waals surface area contributed by atoms with E-state index in [2.05, 4.69) is 17.0 Å². The number of nitrogens with one attached hydrogen (secondary N) is 1. The number of benzene rings is 1. The Hall–Kier alpha value is -2.45. The van der Waals surface area contributed by atoms with E-state index in [0.717, 1.165) is 5.69 Å². The van der Waals surface area contributed by atoms with Crippen molar-refractivity contribution >= 4 is 15.9 Å². The average Bonchev–Trinajstić information content (AvgIpc) is 3.12. The molecule has 0 saturated carbocycles. The number of sulfonamides is 1. The van der Waals surface area contributed by atoms with E-state index in [1.807, 2.05) is 0 Å². The molecular weight excluding hydrogens is 328 g/mol. The van der Waals surface area contributed by atoms with Crippen LogP contribution < -0.4 is 5.32 Å². The number of aromatic nitrogens is 2. The summed E-state index contributed by atoms with van der Waals surface area (Å²) in [6, 6.07) is 8.32. The van der Waals surface area contributed by atoms with E-state index in [9.17, 15) is 13.2 Å². The Labute approximate surface area is 141 Å². The van der Waals surface area contributed by atoms with Crippen LogP contribution in [0.4, 0.5) is 0 Å². The summed E-state index contributed by atoms with van der Waals surface area (Å²) in [5, 5.41) is 6.71. The van der Waals surface area contributed by atoms with Gasteiger partial charge in [-0.1, -0.05) is 6.58 Å². The Morgan fingerprint density at radius 3 is 2.67 bits per heavy atom. The van der Waals surface area contributed by atoms with E-state index in [4.69, 9.17) is 0 Å². The molecule has 8 heteroatoms. The molecule has 0 unspecified atom stereocenters. The first kappa shape index (κ1) is 17.9. The van der Waals surface area contributed by atoms with Crippen LogP contribution >= 0.6 is 0 Å². The van der Waals surface area contributed by atoms with Crippen LogP contribution in [0, 0.1) is 0 Å². The van der Waals surface area contributed by atoms with Crippen molar-refractivity contribution in [3.05, 3.63) is 55.4 Å². The third-order valence-corrected chi connectivity index (χ3v) is 5.32. The lowest BCUT2D eigenvalue weighted by molar-refractivity contribution is -0.116. The Bertz CT molecular complexity index is 783. The largest absolute Gasteiger partial charge is 0.353 e. The molecule has 128 valence electrons. The molecule has 0 aliphatic heterocycles. The SMILES string of the molecule is C=CC(=O)NCCCN(C)S(=O)(=O)c1ccc(-n2cccn2)cc1. The fraction of sp³-hybridized carbons (Fsp3) is 0.250. The lowest BCUT2D eigenvalue weighted by Crippen LogP contribution is -2.31. The number of carbonyl (C=O) groups excluding carboxylic acids is 1. The molecule has 1 N–H and O–H groups in total. The van der Waals surface area contributed by atoms with Gasteiger partial charge in [-0.15, -0.1) is 0 Å². The van der Waals surface area contributed by atoms with Gasteiger partial charge < -0.3 is 5.32 Å². The van der Waals surface area contributed by atoms with Gasteiger partial charge >= 0.3 is 0 Å². The Morgan fingerprint density at radius 1 is 1.38 bits per heavy atom. The van der Waals surface area contributed by atoms with Gasteiger partial charge in [-0.25, -0.2) is 17.4 Å². The summed E-state index contributed by atoms with van der Waals surface area (Å²) in [6.45, 7) is 4.05. The Kier molecular flexibility index (Phi) is 5.88. The highest BCUT2D eigenvalue weighted by Crippen LogP contribution is 2.17. The minimum Gasteiger partial charge on any atom is -0.353 e. The van der Waals surface area contributed by atoms with Crippen molar-refractivity contribution in [1.82, 2.24) is 19.4 Å². The maximum absolute atomic E-state index is 12.5. The summed E-state index contributed by atoms with van der Waals surface area (Å²) in [4.78, 5) is 11.3. The smallest absolute Gasteiger partial charge is 0.243 e. The summed E-state index contributed by atoms with van der Waals surface area (Å²) in [6.07, 6.45) is 5.14. The van der Waals surface area contributed by atoms with Gasteiger partial charge in [-0.3, -0.25) is 4.79 Å². The normalized spacial score (nSPS) is 11.4. The molecule has 0 aliphatic rings. The Balaban J connectivity index is 1.98. The second kappa shape index (κ2) is 7.89. The summed E-state index contributed by atoms with van der Waals surface area (Å²) >= 11 is 0. The third kappa shape index (κ3) is 4.30. The van der Waals surface area contributed by atoms with Crippen molar-refractivity contribution in [1.29, 1.82) is 0 Å². The number of hydrogen-bond donors (Lipinski definition) is 1. The highest BCUT2D eigenvalue weighted by Gasteiger charge is 2.20. The average molecular weight is 348 g/mol. The van der Waals surface area contributed by atoms with E-state index < -0.39 is 10.0 Å². The van der Waals surface area contributed by atoms with Crippen molar-refractivity contribution in [2.24, 2.45) is 0 Å². The molecule has 1 aromatic carbocycles. The first-order chi connectivity index (χ1) is 11.4. The van der Waals surface area contributed by atoms with Gasteiger partial charge in [0.1, 0.15) is 0 Å². The summed E-state index contributed by atoms with van der Waals surface area (Å²) in [5.41, 5.74) is 0.786. The minimum atomic E-state index is -3.56. The molecule has 2 rings (SSSR count). The molecule has 0 atom stereocenters. The Morgan fingerprint density at radius 2 is 2.08 bits per heavy atom. The second-order valence-electron chi connectivity index (χ2n) is 5.12. The summed E-state index contributed by atoms with van der Waals surface area (Å²) in [5.74, 6) is -0.269. The number of rotatable bonds is 8. The van der Waals surface area contributed by atoms with Crippen molar-refractivity contribution in [2.45, 2.75) is 11.3 Å². The van der Waals surface area contributed by atoms with Gasteiger partial charge in [0.2, 0.25) is 15.9 Å². The predicted molar refractivity (Wildman–Crippen MR) is 91.2 cm³/mol. The zero-order valence-electron chi connectivity index (χ0n) is 13.4. The first-order valence-electron chi connectivity index (χ1n) is 7.42. The monoisotopic (exact) mass is 348 g/mol. The van der Waals surface area contributed by atoms with Gasteiger partial charge in [-0.2, -0.15) is 5.10 Å². The molecule has 1 amide bonds. The van der Waals surface area contributed by atoms with E-state index >= 15 is 0 Å². The fourth-order valence-electron chi connectivity index (χ4n) is 2.08. The van der Waals surface area contributed by atoms with Gasteiger partial charge in [0.25, 0.3) is 0 Å². The zero-order chi connectivity index (χ0) is 17.6. The third-order valence-electron chi connectivity index (χ3n) is 3.45. The molecule has 0 aliphatic carbocycles. The summed E-state index contributed by atoms with van der Waals surface area (Å²) in [7, 11) is -2.04. The predicted octanol–water partition coefficient (Wildman–Crippen LogP) is 1.19. The van der Waals surface area contributed by atoms with Crippen LogP contribution in [0.2, 0.25) is 0 Å². The summed E-state index contributed by atoms with van der Waals surface area (Å²) < 4.78 is 28.0. The zero-order valence-corrected chi connectivity index (χ0v) is 14.2. The molecule has 0 bridgehead atoms. The van der Waals surface area contributed by atoms with Gasteiger partial charge in [-0.05, 0) is 42.8 Å². The first-order valence-corrected chi connectivity index (χ1v) is 8.86. The van der Waals surface area contributed by atoms with E-state index in [1.165, 1.54) is 17.4 Å². The number of carbonyl (C=O) groups is 1. The van der Waals surface area contributed by atoms with Gasteiger partial charge in [0, 0.05) is 32.5 Å². The van der Waals surface area contributed by atoms with E-state index in [0.29, 0.717) is 19.5 Å². The quantitative estimate of drug-likeness (QED) is 0.574. The molecule has 2 aromatic rings. The molecule has 7 nitrogen and oxygen atoms in total. The van der Waals surface area contributed by atoms with Crippen LogP contribution in [-0.4, -0.2) is 48.5 Å². The minimum absolute atomic E-state index is 0.219. The van der Waals surface area contributed by atoms with Crippen LogP contribution in [-0.2, 0) is 14.8 Å². The van der Waals surface area contributed by atoms with Crippen molar-refractivity contribution in [3.8, 4) is 5.69 Å². The lowest BCUT2D eigenvalue weighted by atomic mass is 10.3. The van der Waals surface area contributed by atoms with Crippen molar-refractivity contribution < 1.29 is 13.2 Å². The molecular formula is C16H20N4O3S.